The third-order valence-electron chi connectivity index (χ3n) is 9.74. The third kappa shape index (κ3) is 5.65. The summed E-state index contributed by atoms with van der Waals surface area (Å²) in [7, 11) is 0. The molecule has 1 unspecified atom stereocenters. The average molecular weight is 701 g/mol. The van der Waals surface area contributed by atoms with Gasteiger partial charge in [-0.15, -0.1) is 5.10 Å². The molecule has 1 atom stereocenters. The minimum Gasteiger partial charge on any atom is -0.504 e. The highest BCUT2D eigenvalue weighted by Gasteiger charge is 2.49. The predicted molar refractivity (Wildman–Crippen MR) is 171 cm³/mol. The molecule has 2 amide bonds. The summed E-state index contributed by atoms with van der Waals surface area (Å²) in [5, 5.41) is 23.7. The number of halogens is 4. The fraction of sp³-hybridized carbons (Fsp3) is 0.438. The number of anilines is 1. The van der Waals surface area contributed by atoms with Gasteiger partial charge in [0.2, 0.25) is 11.7 Å². The molecule has 3 N–H and O–H groups in total. The summed E-state index contributed by atoms with van der Waals surface area (Å²) in [5.41, 5.74) is 0.300. The number of aromatic nitrogens is 6. The summed E-state index contributed by atoms with van der Waals surface area (Å²) in [6.07, 6.45) is -0.759. The Morgan fingerprint density at radius 3 is 2.63 bits per heavy atom. The molecule has 1 fully saturated rings. The van der Waals surface area contributed by atoms with Crippen LogP contribution in [0, 0.1) is 6.92 Å². The number of benzene rings is 1. The van der Waals surface area contributed by atoms with Crippen molar-refractivity contribution in [2.75, 3.05) is 31.6 Å². The molecule has 1 aliphatic carbocycles. The van der Waals surface area contributed by atoms with Crippen molar-refractivity contribution in [3.05, 3.63) is 73.7 Å². The predicted octanol–water partition coefficient (Wildman–Crippen LogP) is 4.42. The number of fused-ring (bicyclic) bond motifs is 3. The van der Waals surface area contributed by atoms with Crippen molar-refractivity contribution in [1.29, 1.82) is 0 Å². The zero-order valence-electron chi connectivity index (χ0n) is 26.5. The van der Waals surface area contributed by atoms with Gasteiger partial charge in [0.15, 0.2) is 17.3 Å². The highest BCUT2D eigenvalue weighted by Crippen LogP contribution is 2.50. The van der Waals surface area contributed by atoms with Gasteiger partial charge >= 0.3 is 6.18 Å². The van der Waals surface area contributed by atoms with Crippen LogP contribution in [0.5, 0.6) is 5.75 Å². The first kappa shape index (κ1) is 32.8. The van der Waals surface area contributed by atoms with Crippen LogP contribution in [0.4, 0.5) is 18.9 Å². The highest BCUT2D eigenvalue weighted by molar-refractivity contribution is 6.33. The van der Waals surface area contributed by atoms with Gasteiger partial charge in [-0.2, -0.15) is 27.8 Å². The van der Waals surface area contributed by atoms with E-state index in [0.29, 0.717) is 74.8 Å². The Hall–Kier alpha value is -4.70. The van der Waals surface area contributed by atoms with Crippen LogP contribution in [0.25, 0.3) is 11.4 Å². The molecule has 1 spiro atoms. The van der Waals surface area contributed by atoms with Gasteiger partial charge in [0.1, 0.15) is 12.2 Å². The quantitative estimate of drug-likeness (QED) is 0.276. The normalized spacial score (nSPS) is 18.9. The lowest BCUT2D eigenvalue weighted by molar-refractivity contribution is -0.137. The number of alkyl halides is 3. The largest absolute Gasteiger partial charge is 0.504 e. The number of ether oxygens (including phenoxy) is 1. The van der Waals surface area contributed by atoms with E-state index in [1.165, 1.54) is 4.52 Å². The molecule has 0 radical (unpaired) electrons. The molecule has 5 heterocycles. The second kappa shape index (κ2) is 12.0. The molecule has 3 aliphatic rings. The highest BCUT2D eigenvalue weighted by atomic mass is 35.5. The number of likely N-dealkylation sites (tertiary alicyclic amines) is 1. The van der Waals surface area contributed by atoms with E-state index in [9.17, 15) is 32.7 Å². The second-order valence-electron chi connectivity index (χ2n) is 12.8. The molecule has 17 heteroatoms. The maximum atomic E-state index is 14.4. The van der Waals surface area contributed by atoms with Crippen LogP contribution < -0.4 is 10.9 Å². The number of rotatable bonds is 5. The van der Waals surface area contributed by atoms with Crippen LogP contribution in [0.1, 0.15) is 77.4 Å². The zero-order chi connectivity index (χ0) is 34.8. The molecule has 0 saturated carbocycles. The van der Waals surface area contributed by atoms with Gasteiger partial charge in [0.25, 0.3) is 11.5 Å². The van der Waals surface area contributed by atoms with E-state index in [-0.39, 0.29) is 46.0 Å². The number of nitrogens with zero attached hydrogens (tertiary/aromatic N) is 6. The molecular formula is C32H32ClF3N8O5. The number of H-pyrrole nitrogens is 1. The summed E-state index contributed by atoms with van der Waals surface area (Å²) in [5.74, 6) is -0.891. The van der Waals surface area contributed by atoms with Gasteiger partial charge in [-0.1, -0.05) is 24.6 Å². The first-order chi connectivity index (χ1) is 23.3. The van der Waals surface area contributed by atoms with Gasteiger partial charge < -0.3 is 24.6 Å². The molecule has 7 rings (SSSR count). The Morgan fingerprint density at radius 1 is 1.24 bits per heavy atom. The summed E-state index contributed by atoms with van der Waals surface area (Å²) in [6.45, 7) is 4.67. The number of nitrogens with one attached hydrogen (secondary N) is 2. The minimum atomic E-state index is -4.60. The molecule has 0 bridgehead atoms. The Bertz CT molecular complexity index is 2090. The number of aryl methyl sites for hydroxylation is 1. The van der Waals surface area contributed by atoms with Crippen molar-refractivity contribution in [3.63, 3.8) is 0 Å². The van der Waals surface area contributed by atoms with E-state index in [4.69, 9.17) is 21.3 Å². The standard InChI is InChI=1S/C32H32ClF3N8O5/c1-16-14-31(7-9-42(10-8-31)29(48)24-26(46)17(2)39-40-24)23-25(16)43(15-22(45)37-21-4-3-19(13-20(21)33)32(34,35)36)30-38-27(41-44(30)28(23)47)18-5-11-49-12-6-18/h3-5,13,16,46H,6-12,14-15H2,1-2H3,(H,37,45)(H,39,40). The van der Waals surface area contributed by atoms with Gasteiger partial charge in [0, 0.05) is 29.8 Å². The maximum Gasteiger partial charge on any atom is 0.416 e. The molecule has 1 aromatic carbocycles. The Labute approximate surface area is 281 Å². The fourth-order valence-electron chi connectivity index (χ4n) is 7.34. The number of amides is 2. The van der Waals surface area contributed by atoms with E-state index in [1.54, 1.807) is 16.4 Å². The number of piperidine rings is 1. The number of aromatic amines is 1. The molecule has 2 aliphatic heterocycles. The van der Waals surface area contributed by atoms with Gasteiger partial charge in [0.05, 0.1) is 29.5 Å². The second-order valence-corrected chi connectivity index (χ2v) is 13.2. The van der Waals surface area contributed by atoms with Crippen molar-refractivity contribution >= 4 is 40.5 Å². The van der Waals surface area contributed by atoms with Crippen molar-refractivity contribution in [1.82, 2.24) is 34.3 Å². The molecule has 258 valence electrons. The zero-order valence-corrected chi connectivity index (χ0v) is 27.3. The molecular weight excluding hydrogens is 669 g/mol. The Morgan fingerprint density at radius 2 is 2.00 bits per heavy atom. The molecule has 49 heavy (non-hydrogen) atoms. The lowest BCUT2D eigenvalue weighted by Crippen LogP contribution is -2.46. The van der Waals surface area contributed by atoms with Crippen molar-refractivity contribution in [2.24, 2.45) is 0 Å². The van der Waals surface area contributed by atoms with Crippen LogP contribution in [0.15, 0.2) is 29.1 Å². The topological polar surface area (TPSA) is 160 Å². The van der Waals surface area contributed by atoms with E-state index >= 15 is 0 Å². The Kier molecular flexibility index (Phi) is 8.05. The van der Waals surface area contributed by atoms with E-state index < -0.39 is 29.0 Å². The van der Waals surface area contributed by atoms with Crippen molar-refractivity contribution in [3.8, 4) is 5.75 Å². The van der Waals surface area contributed by atoms with E-state index in [2.05, 4.69) is 20.6 Å². The molecule has 13 nitrogen and oxygen atoms in total. The van der Waals surface area contributed by atoms with Crippen molar-refractivity contribution in [2.45, 2.75) is 63.6 Å². The third-order valence-corrected chi connectivity index (χ3v) is 10.1. The van der Waals surface area contributed by atoms with Crippen LogP contribution >= 0.6 is 11.6 Å². The number of carbonyl (C=O) groups is 2. The lowest BCUT2D eigenvalue weighted by atomic mass is 9.73. The number of hydrogen-bond donors (Lipinski definition) is 3. The molecule has 1 saturated heterocycles. The van der Waals surface area contributed by atoms with E-state index in [1.807, 2.05) is 13.0 Å². The van der Waals surface area contributed by atoms with Crippen LogP contribution in [0.2, 0.25) is 5.02 Å². The van der Waals surface area contributed by atoms with E-state index in [0.717, 1.165) is 23.8 Å². The summed E-state index contributed by atoms with van der Waals surface area (Å²) >= 11 is 6.13. The SMILES string of the molecule is Cc1n[nH]c(C(=O)N2CCC3(CC2)CC(C)c2c3c(=O)n3nc(C4=CCOCC4)nc3n2CC(=O)Nc2ccc(C(F)(F)F)cc2Cl)c1O. The average Bonchev–Trinajstić information content (AvgIpc) is 3.74. The fourth-order valence-corrected chi connectivity index (χ4v) is 7.57. The van der Waals surface area contributed by atoms with Crippen LogP contribution in [-0.4, -0.2) is 77.5 Å². The smallest absolute Gasteiger partial charge is 0.416 e. The molecule has 4 aromatic rings. The van der Waals surface area contributed by atoms with Crippen molar-refractivity contribution < 1.29 is 32.6 Å². The summed E-state index contributed by atoms with van der Waals surface area (Å²) in [4.78, 5) is 47.5. The first-order valence-electron chi connectivity index (χ1n) is 15.8. The Balaban J connectivity index is 1.26. The number of aromatic hydroxyl groups is 1. The summed E-state index contributed by atoms with van der Waals surface area (Å²) < 4.78 is 47.9. The minimum absolute atomic E-state index is 0.00273. The van der Waals surface area contributed by atoms with Crippen LogP contribution in [0.3, 0.4) is 0 Å². The maximum absolute atomic E-state index is 14.4. The van der Waals surface area contributed by atoms with Crippen LogP contribution in [-0.2, 0) is 27.7 Å². The summed E-state index contributed by atoms with van der Waals surface area (Å²) in [6, 6.07) is 2.68. The van der Waals surface area contributed by atoms with Gasteiger partial charge in [-0.3, -0.25) is 19.5 Å². The number of carbonyl (C=O) groups excluding carboxylic acids is 2. The first-order valence-corrected chi connectivity index (χ1v) is 16.2. The molecule has 3 aromatic heterocycles. The van der Waals surface area contributed by atoms with Gasteiger partial charge in [-0.05, 0) is 62.3 Å². The number of hydrogen-bond acceptors (Lipinski definition) is 8. The lowest BCUT2D eigenvalue weighted by Gasteiger charge is -2.39. The monoisotopic (exact) mass is 700 g/mol. The van der Waals surface area contributed by atoms with Gasteiger partial charge in [-0.25, -0.2) is 0 Å².